The van der Waals surface area contributed by atoms with Crippen molar-refractivity contribution in [3.63, 3.8) is 0 Å². The van der Waals surface area contributed by atoms with Crippen molar-refractivity contribution in [2.45, 2.75) is 98.2 Å². The van der Waals surface area contributed by atoms with Gasteiger partial charge in [-0.15, -0.1) is 0 Å². The average molecular weight is 515 g/mol. The molecule has 1 saturated carbocycles. The molecule has 15 atom stereocenters. The molecule has 0 bridgehead atoms. The van der Waals surface area contributed by atoms with Gasteiger partial charge >= 0.3 is 0 Å². The van der Waals surface area contributed by atoms with Crippen molar-refractivity contribution in [3.05, 3.63) is 0 Å². The van der Waals surface area contributed by atoms with E-state index < -0.39 is 91.7 Å². The fourth-order valence-corrected chi connectivity index (χ4v) is 5.16. The minimum Gasteiger partial charge on any atom is -0.389 e. The Hall–Kier alpha value is -0.210. The van der Waals surface area contributed by atoms with Gasteiger partial charge in [-0.2, -0.15) is 11.8 Å². The van der Waals surface area contributed by atoms with Crippen LogP contribution in [0.5, 0.6) is 0 Å². The summed E-state index contributed by atoms with van der Waals surface area (Å²) in [7, 11) is 0. The predicted molar refractivity (Wildman–Crippen MR) is 119 cm³/mol. The van der Waals surface area contributed by atoms with Gasteiger partial charge in [0.2, 0.25) is 0 Å². The van der Waals surface area contributed by atoms with Gasteiger partial charge in [0.15, 0.2) is 12.6 Å². The molecule has 200 valence electrons. The molecule has 15 heteroatoms. The van der Waals surface area contributed by atoms with Crippen molar-refractivity contribution in [2.75, 3.05) is 18.6 Å². The van der Waals surface area contributed by atoms with E-state index in [-0.39, 0.29) is 13.0 Å². The highest BCUT2D eigenvalue weighted by molar-refractivity contribution is 7.98. The van der Waals surface area contributed by atoms with Crippen LogP contribution in [-0.4, -0.2) is 141 Å². The summed E-state index contributed by atoms with van der Waals surface area (Å²) in [6.45, 7) is -0.152. The van der Waals surface area contributed by atoms with Crippen LogP contribution in [0, 0.1) is 0 Å². The summed E-state index contributed by atoms with van der Waals surface area (Å²) in [5.41, 5.74) is 23.8. The molecule has 2 heterocycles. The van der Waals surface area contributed by atoms with Crippen molar-refractivity contribution in [1.29, 1.82) is 0 Å². The Morgan fingerprint density at radius 1 is 0.735 bits per heavy atom. The quantitative estimate of drug-likeness (QED) is 0.152. The summed E-state index contributed by atoms with van der Waals surface area (Å²) < 4.78 is 22.7. The monoisotopic (exact) mass is 514 g/mol. The molecule has 3 rings (SSSR count). The number of hydrogen-bond donors (Lipinski definition) is 10. The zero-order valence-electron chi connectivity index (χ0n) is 18.8. The van der Waals surface area contributed by atoms with Crippen molar-refractivity contribution < 1.29 is 49.6 Å². The molecular formula is C19H38N4O10S. The van der Waals surface area contributed by atoms with Gasteiger partial charge in [0, 0.05) is 24.4 Å². The van der Waals surface area contributed by atoms with Gasteiger partial charge in [0.25, 0.3) is 0 Å². The number of hydrogen-bond acceptors (Lipinski definition) is 15. The van der Waals surface area contributed by atoms with Gasteiger partial charge in [-0.1, -0.05) is 0 Å². The predicted octanol–water partition coefficient (Wildman–Crippen LogP) is -5.92. The first kappa shape index (κ1) is 28.4. The third kappa shape index (κ3) is 5.69. The van der Waals surface area contributed by atoms with Gasteiger partial charge in [-0.25, -0.2) is 0 Å². The Labute approximate surface area is 201 Å². The van der Waals surface area contributed by atoms with E-state index in [1.165, 1.54) is 11.8 Å². The normalized spacial score (nSPS) is 52.5. The van der Waals surface area contributed by atoms with Gasteiger partial charge < -0.3 is 72.5 Å². The first-order chi connectivity index (χ1) is 16.0. The van der Waals surface area contributed by atoms with Crippen LogP contribution in [0.2, 0.25) is 0 Å². The fourth-order valence-electron chi connectivity index (χ4n) is 4.55. The standard InChI is InChI=1S/C19H38N4O10S/c1-34-4-8-10(24)9(23)12(26)18(31-8)32-16-5(21)2-6(22)17(15(16)29)33-19-14(28)13(27)11(25)7(3-20)30-19/h5-19,24-29H,2-4,20-23H2,1H3/t5-,6?,7?,8?,9?,10?,11?,12?,13?,14?,15?,16?,17?,18?,19?/m0/s1. The maximum absolute atomic E-state index is 11.0. The SMILES string of the molecule is CSCC1OC(OC2C(O)C(OC3OC(CN)C(O)C(O)C3O)C(N)C[C@@H]2N)C(O)C(N)C1O. The topological polar surface area (TPSA) is 262 Å². The van der Waals surface area contributed by atoms with Crippen molar-refractivity contribution in [1.82, 2.24) is 0 Å². The molecule has 14 unspecified atom stereocenters. The molecule has 0 aromatic heterocycles. The Balaban J connectivity index is 1.72. The van der Waals surface area contributed by atoms with E-state index in [1.54, 1.807) is 0 Å². The maximum Gasteiger partial charge on any atom is 0.187 e. The summed E-state index contributed by atoms with van der Waals surface area (Å²) in [4.78, 5) is 0. The third-order valence-electron chi connectivity index (χ3n) is 6.63. The smallest absolute Gasteiger partial charge is 0.187 e. The summed E-state index contributed by atoms with van der Waals surface area (Å²) in [5, 5.41) is 62.1. The number of thioether (sulfide) groups is 1. The summed E-state index contributed by atoms with van der Waals surface area (Å²) in [5.74, 6) is 0.394. The Morgan fingerprint density at radius 3 is 1.79 bits per heavy atom. The molecule has 0 amide bonds. The van der Waals surface area contributed by atoms with Gasteiger partial charge in [-0.05, 0) is 12.7 Å². The zero-order chi connectivity index (χ0) is 25.3. The highest BCUT2D eigenvalue weighted by Crippen LogP contribution is 2.31. The number of nitrogens with two attached hydrogens (primary N) is 4. The molecule has 3 aliphatic rings. The summed E-state index contributed by atoms with van der Waals surface area (Å²) >= 11 is 1.41. The fraction of sp³-hybridized carbons (Fsp3) is 1.00. The highest BCUT2D eigenvalue weighted by Gasteiger charge is 2.51. The van der Waals surface area contributed by atoms with E-state index in [1.807, 2.05) is 6.26 Å². The van der Waals surface area contributed by atoms with Crippen LogP contribution in [0.15, 0.2) is 0 Å². The van der Waals surface area contributed by atoms with E-state index >= 15 is 0 Å². The number of aliphatic hydroxyl groups is 6. The molecular weight excluding hydrogens is 476 g/mol. The molecule has 0 aromatic rings. The number of aliphatic hydroxyl groups excluding tert-OH is 6. The van der Waals surface area contributed by atoms with Crippen molar-refractivity contribution in [2.24, 2.45) is 22.9 Å². The summed E-state index contributed by atoms with van der Waals surface area (Å²) in [6, 6.07) is -2.62. The molecule has 1 aliphatic carbocycles. The Kier molecular flexibility index (Phi) is 9.92. The second-order valence-electron chi connectivity index (χ2n) is 9.06. The second kappa shape index (κ2) is 11.9. The van der Waals surface area contributed by atoms with Crippen LogP contribution in [-0.2, 0) is 18.9 Å². The molecule has 0 aromatic carbocycles. The molecule has 14 nitrogen and oxygen atoms in total. The Morgan fingerprint density at radius 2 is 1.26 bits per heavy atom. The maximum atomic E-state index is 11.0. The largest absolute Gasteiger partial charge is 0.389 e. The summed E-state index contributed by atoms with van der Waals surface area (Å²) in [6.07, 6.45) is -13.4. The van der Waals surface area contributed by atoms with Crippen LogP contribution in [0.1, 0.15) is 6.42 Å². The van der Waals surface area contributed by atoms with E-state index in [9.17, 15) is 30.6 Å². The third-order valence-corrected chi connectivity index (χ3v) is 7.30. The minimum atomic E-state index is -1.64. The number of rotatable bonds is 7. The van der Waals surface area contributed by atoms with Crippen molar-refractivity contribution in [3.8, 4) is 0 Å². The molecule has 34 heavy (non-hydrogen) atoms. The minimum absolute atomic E-state index is 0.131. The second-order valence-corrected chi connectivity index (χ2v) is 9.97. The van der Waals surface area contributed by atoms with E-state index in [0.717, 1.165) is 0 Å². The van der Waals surface area contributed by atoms with Crippen LogP contribution >= 0.6 is 11.8 Å². The first-order valence-electron chi connectivity index (χ1n) is 11.2. The van der Waals surface area contributed by atoms with Crippen LogP contribution < -0.4 is 22.9 Å². The average Bonchev–Trinajstić information content (AvgIpc) is 2.80. The zero-order valence-corrected chi connectivity index (χ0v) is 19.6. The van der Waals surface area contributed by atoms with Gasteiger partial charge in [0.05, 0.1) is 18.2 Å². The van der Waals surface area contributed by atoms with E-state index in [0.29, 0.717) is 5.75 Å². The lowest BCUT2D eigenvalue weighted by Crippen LogP contribution is -2.68. The van der Waals surface area contributed by atoms with Crippen LogP contribution in [0.4, 0.5) is 0 Å². The van der Waals surface area contributed by atoms with Crippen molar-refractivity contribution >= 4 is 11.8 Å². The van der Waals surface area contributed by atoms with E-state index in [4.69, 9.17) is 41.9 Å². The number of ether oxygens (including phenoxy) is 4. The molecule has 14 N–H and O–H groups in total. The molecule has 3 fully saturated rings. The lowest BCUT2D eigenvalue weighted by molar-refractivity contribution is -0.330. The molecule has 0 radical (unpaired) electrons. The Bertz CT molecular complexity index is 656. The van der Waals surface area contributed by atoms with Crippen LogP contribution in [0.3, 0.4) is 0 Å². The van der Waals surface area contributed by atoms with Gasteiger partial charge in [-0.3, -0.25) is 0 Å². The lowest BCUT2D eigenvalue weighted by Gasteiger charge is -2.48. The van der Waals surface area contributed by atoms with Gasteiger partial charge in [0.1, 0.15) is 48.8 Å². The molecule has 0 spiro atoms. The van der Waals surface area contributed by atoms with Crippen LogP contribution in [0.25, 0.3) is 0 Å². The first-order valence-corrected chi connectivity index (χ1v) is 12.6. The molecule has 2 saturated heterocycles. The molecule has 2 aliphatic heterocycles. The van der Waals surface area contributed by atoms with E-state index in [2.05, 4.69) is 0 Å². The highest BCUT2D eigenvalue weighted by atomic mass is 32.2. The lowest BCUT2D eigenvalue weighted by atomic mass is 9.84.